The molecule has 2 aromatic carbocycles. The van der Waals surface area contributed by atoms with E-state index < -0.39 is 59.8 Å². The van der Waals surface area contributed by atoms with E-state index in [9.17, 15) is 36.2 Å². The van der Waals surface area contributed by atoms with E-state index in [-0.39, 0.29) is 34.5 Å². The van der Waals surface area contributed by atoms with Crippen LogP contribution in [0.3, 0.4) is 0 Å². The van der Waals surface area contributed by atoms with Crippen LogP contribution < -0.4 is 14.8 Å². The van der Waals surface area contributed by atoms with Crippen LogP contribution in [0.2, 0.25) is 0 Å². The van der Waals surface area contributed by atoms with E-state index in [2.05, 4.69) is 20.3 Å². The van der Waals surface area contributed by atoms with Crippen LogP contribution in [0.25, 0.3) is 33.3 Å². The molecule has 2 aliphatic rings. The quantitative estimate of drug-likeness (QED) is 0.220. The Kier molecular flexibility index (Phi) is 7.25. The number of aromatic nitrogens is 4. The first-order valence-corrected chi connectivity index (χ1v) is 13.7. The van der Waals surface area contributed by atoms with Gasteiger partial charge in [-0.2, -0.15) is 19.0 Å². The zero-order valence-corrected chi connectivity index (χ0v) is 23.5. The molecule has 6 rings (SSSR count). The van der Waals surface area contributed by atoms with Gasteiger partial charge in [0, 0.05) is 41.7 Å². The number of hydrogen-bond acceptors (Lipinski definition) is 6. The molecule has 4 aromatic rings. The van der Waals surface area contributed by atoms with Crippen LogP contribution >= 0.6 is 0 Å². The van der Waals surface area contributed by atoms with Crippen LogP contribution in [-0.2, 0) is 13.6 Å². The van der Waals surface area contributed by atoms with Crippen molar-refractivity contribution in [2.24, 2.45) is 7.05 Å². The molecule has 2 aromatic heterocycles. The maximum absolute atomic E-state index is 14.6. The highest BCUT2D eigenvalue weighted by Crippen LogP contribution is 2.44. The fourth-order valence-electron chi connectivity index (χ4n) is 5.57. The Bertz CT molecular complexity index is 1750. The number of methoxy groups -OCH3 is 1. The van der Waals surface area contributed by atoms with Gasteiger partial charge in [0.25, 0.3) is 18.3 Å². The first-order chi connectivity index (χ1) is 20.8. The third-order valence-corrected chi connectivity index (χ3v) is 8.04. The molecule has 0 saturated heterocycles. The second-order valence-corrected chi connectivity index (χ2v) is 11.2. The first-order valence-electron chi connectivity index (χ1n) is 13.7. The standard InChI is InChI=1S/C29H27F6N5O4/c1-39-24(15-8-19(43-2)23(20(9-15)44-27(32)33)26(41)37-21-10-29(21,34)35)22-17(25(30)31)6-14(7-18(22)38-39)16-11-36-40(12-16)13-28(42)4-3-5-28/h6-9,11-12,21,25,27,42H,3-5,10,13H2,1-2H3,(H,37,41)/t21-/m1/s1. The fraction of sp³-hybridized carbons (Fsp3) is 0.414. The van der Waals surface area contributed by atoms with Gasteiger partial charge in [0.1, 0.15) is 17.1 Å². The molecule has 2 fully saturated rings. The van der Waals surface area contributed by atoms with Crippen LogP contribution in [0.5, 0.6) is 11.5 Å². The number of aliphatic hydroxyl groups is 1. The van der Waals surface area contributed by atoms with Gasteiger partial charge in [0.05, 0.1) is 42.7 Å². The van der Waals surface area contributed by atoms with E-state index in [4.69, 9.17) is 4.74 Å². The van der Waals surface area contributed by atoms with Gasteiger partial charge >= 0.3 is 6.61 Å². The molecule has 234 valence electrons. The molecule has 0 radical (unpaired) electrons. The SMILES string of the molecule is COc1cc(-c2c3c(C(F)F)cc(-c4cnn(CC5(O)CCC5)c4)cc3nn2C)cc(OC(F)F)c1C(=O)N[C@@H]1CC1(F)F. The lowest BCUT2D eigenvalue weighted by atomic mass is 9.80. The van der Waals surface area contributed by atoms with Gasteiger partial charge in [-0.25, -0.2) is 17.6 Å². The van der Waals surface area contributed by atoms with Crippen LogP contribution in [0, 0.1) is 0 Å². The van der Waals surface area contributed by atoms with E-state index in [1.54, 1.807) is 16.9 Å². The molecule has 1 amide bonds. The molecule has 2 aliphatic carbocycles. The lowest BCUT2D eigenvalue weighted by Gasteiger charge is -2.36. The maximum Gasteiger partial charge on any atom is 0.387 e. The lowest BCUT2D eigenvalue weighted by Crippen LogP contribution is -2.41. The number of benzene rings is 2. The third kappa shape index (κ3) is 5.44. The van der Waals surface area contributed by atoms with Crippen LogP contribution in [0.15, 0.2) is 36.7 Å². The van der Waals surface area contributed by atoms with Gasteiger partial charge in [0.15, 0.2) is 0 Å². The summed E-state index contributed by atoms with van der Waals surface area (Å²) in [6, 6.07) is 3.66. The van der Waals surface area contributed by atoms with Crippen molar-refractivity contribution in [3.8, 4) is 33.9 Å². The van der Waals surface area contributed by atoms with Crippen LogP contribution in [-0.4, -0.2) is 61.9 Å². The summed E-state index contributed by atoms with van der Waals surface area (Å²) in [7, 11) is 2.60. The number of ether oxygens (including phenoxy) is 2. The molecule has 0 bridgehead atoms. The number of alkyl halides is 6. The van der Waals surface area contributed by atoms with Crippen molar-refractivity contribution >= 4 is 16.8 Å². The normalized spacial score (nSPS) is 18.5. The van der Waals surface area contributed by atoms with Gasteiger partial charge < -0.3 is 19.9 Å². The van der Waals surface area contributed by atoms with Crippen molar-refractivity contribution in [3.05, 3.63) is 47.8 Å². The predicted octanol–water partition coefficient (Wildman–Crippen LogP) is 5.70. The third-order valence-electron chi connectivity index (χ3n) is 8.04. The molecule has 15 heteroatoms. The second-order valence-electron chi connectivity index (χ2n) is 11.2. The number of rotatable bonds is 10. The molecule has 2 heterocycles. The van der Waals surface area contributed by atoms with Gasteiger partial charge in [-0.05, 0) is 49.1 Å². The Morgan fingerprint density at radius 2 is 1.82 bits per heavy atom. The second kappa shape index (κ2) is 10.7. The van der Waals surface area contributed by atoms with Crippen LogP contribution in [0.1, 0.15) is 48.0 Å². The van der Waals surface area contributed by atoms with Crippen molar-refractivity contribution in [2.75, 3.05) is 7.11 Å². The molecule has 2 saturated carbocycles. The Hall–Kier alpha value is -4.27. The topological polar surface area (TPSA) is 103 Å². The number of nitrogens with one attached hydrogen (secondary N) is 1. The van der Waals surface area contributed by atoms with Crippen molar-refractivity contribution in [2.45, 2.75) is 62.8 Å². The number of fused-ring (bicyclic) bond motifs is 1. The van der Waals surface area contributed by atoms with Gasteiger partial charge in [-0.15, -0.1) is 0 Å². The zero-order chi connectivity index (χ0) is 31.6. The maximum atomic E-state index is 14.6. The van der Waals surface area contributed by atoms with E-state index in [1.165, 1.54) is 30.1 Å². The smallest absolute Gasteiger partial charge is 0.387 e. The van der Waals surface area contributed by atoms with Crippen molar-refractivity contribution in [3.63, 3.8) is 0 Å². The molecular weight excluding hydrogens is 596 g/mol. The van der Waals surface area contributed by atoms with Crippen molar-refractivity contribution in [1.82, 2.24) is 24.9 Å². The summed E-state index contributed by atoms with van der Waals surface area (Å²) < 4.78 is 95.6. The van der Waals surface area contributed by atoms with Crippen molar-refractivity contribution < 1.29 is 45.7 Å². The van der Waals surface area contributed by atoms with E-state index in [0.717, 1.165) is 19.6 Å². The van der Waals surface area contributed by atoms with Crippen LogP contribution in [0.4, 0.5) is 26.3 Å². The summed E-state index contributed by atoms with van der Waals surface area (Å²) in [5.74, 6) is -5.24. The summed E-state index contributed by atoms with van der Waals surface area (Å²) in [5.41, 5.74) is -0.583. The summed E-state index contributed by atoms with van der Waals surface area (Å²) in [6.07, 6.45) is 1.79. The molecule has 1 atom stereocenters. The highest BCUT2D eigenvalue weighted by Gasteiger charge is 2.58. The van der Waals surface area contributed by atoms with Gasteiger partial charge in [-0.3, -0.25) is 14.2 Å². The number of carbonyl (C=O) groups is 1. The first kappa shape index (κ1) is 29.8. The van der Waals surface area contributed by atoms with E-state index in [1.807, 2.05) is 0 Å². The minimum absolute atomic E-state index is 0.0160. The van der Waals surface area contributed by atoms with Crippen molar-refractivity contribution in [1.29, 1.82) is 0 Å². The van der Waals surface area contributed by atoms with Gasteiger partial charge in [-0.1, -0.05) is 0 Å². The lowest BCUT2D eigenvalue weighted by molar-refractivity contribution is -0.0506. The summed E-state index contributed by atoms with van der Waals surface area (Å²) >= 11 is 0. The summed E-state index contributed by atoms with van der Waals surface area (Å²) in [4.78, 5) is 12.9. The fourth-order valence-corrected chi connectivity index (χ4v) is 5.57. The number of carbonyl (C=O) groups excluding carboxylic acids is 1. The number of halogens is 6. The predicted molar refractivity (Wildman–Crippen MR) is 145 cm³/mol. The highest BCUT2D eigenvalue weighted by atomic mass is 19.3. The molecule has 0 unspecified atom stereocenters. The number of hydrogen-bond donors (Lipinski definition) is 2. The largest absolute Gasteiger partial charge is 0.496 e. The average molecular weight is 624 g/mol. The van der Waals surface area contributed by atoms with Gasteiger partial charge in [0.2, 0.25) is 0 Å². The Morgan fingerprint density at radius 1 is 1.11 bits per heavy atom. The van der Waals surface area contributed by atoms with E-state index >= 15 is 0 Å². The molecule has 2 N–H and O–H groups in total. The Morgan fingerprint density at radius 3 is 2.41 bits per heavy atom. The Labute approximate surface area is 246 Å². The monoisotopic (exact) mass is 623 g/mol. The Balaban J connectivity index is 1.44. The molecule has 9 nitrogen and oxygen atoms in total. The average Bonchev–Trinajstić information content (AvgIpc) is 3.24. The number of aryl methyl sites for hydroxylation is 1. The summed E-state index contributed by atoms with van der Waals surface area (Å²) in [6.45, 7) is -3.13. The highest BCUT2D eigenvalue weighted by molar-refractivity contribution is 6.03. The minimum atomic E-state index is -3.41. The molecule has 44 heavy (non-hydrogen) atoms. The zero-order valence-electron chi connectivity index (χ0n) is 23.5. The molecule has 0 spiro atoms. The number of nitrogens with zero attached hydrogens (tertiary/aromatic N) is 4. The minimum Gasteiger partial charge on any atom is -0.496 e. The number of amides is 1. The summed E-state index contributed by atoms with van der Waals surface area (Å²) in [5, 5.41) is 21.2. The molecular formula is C29H27F6N5O4. The van der Waals surface area contributed by atoms with E-state index in [0.29, 0.717) is 24.0 Å². The molecule has 0 aliphatic heterocycles.